The molecule has 0 aliphatic heterocycles. The van der Waals surface area contributed by atoms with E-state index in [0.717, 1.165) is 14.7 Å². The van der Waals surface area contributed by atoms with Crippen LogP contribution in [0.3, 0.4) is 0 Å². The Morgan fingerprint density at radius 3 is 2.57 bits per heavy atom. The summed E-state index contributed by atoms with van der Waals surface area (Å²) in [5.41, 5.74) is 0.428. The van der Waals surface area contributed by atoms with Gasteiger partial charge in [0.2, 0.25) is 0 Å². The van der Waals surface area contributed by atoms with Crippen LogP contribution in [0.2, 0.25) is 0 Å². The fraction of sp³-hybridized carbons (Fsp3) is 0.235. The van der Waals surface area contributed by atoms with E-state index >= 15 is 0 Å². The molecule has 0 aliphatic carbocycles. The molecule has 6 nitrogen and oxygen atoms in total. The van der Waals surface area contributed by atoms with E-state index in [2.05, 4.69) is 10.3 Å². The maximum atomic E-state index is 12.3. The monoisotopic (exact) mass is 443 g/mol. The number of anilines is 2. The number of fused-ring (bicyclic) bond motifs is 1. The van der Waals surface area contributed by atoms with Crippen LogP contribution in [-0.2, 0) is 9.53 Å². The minimum Gasteiger partial charge on any atom is -0.451 e. The topological polar surface area (TPSA) is 71.5 Å². The fourth-order valence-corrected chi connectivity index (χ4v) is 4.66. The third kappa shape index (κ3) is 5.18. The number of hydrogen-bond donors (Lipinski definition) is 1. The lowest BCUT2D eigenvalue weighted by atomic mass is 10.3. The predicted molar refractivity (Wildman–Crippen MR) is 109 cm³/mol. The number of halogens is 2. The second-order valence-corrected chi connectivity index (χ2v) is 8.80. The Morgan fingerprint density at radius 2 is 1.96 bits per heavy atom. The van der Waals surface area contributed by atoms with Crippen molar-refractivity contribution < 1.29 is 23.1 Å². The zero-order valence-corrected chi connectivity index (χ0v) is 17.2. The smallest absolute Gasteiger partial charge is 0.348 e. The number of nitrogens with one attached hydrogen (secondary N) is 1. The molecule has 0 saturated heterocycles. The molecule has 1 aromatic carbocycles. The zero-order valence-electron chi connectivity index (χ0n) is 14.8. The number of ether oxygens (including phenoxy) is 1. The van der Waals surface area contributed by atoms with E-state index < -0.39 is 24.2 Å². The van der Waals surface area contributed by atoms with Gasteiger partial charge < -0.3 is 15.0 Å². The highest BCUT2D eigenvalue weighted by molar-refractivity contribution is 7.99. The second-order valence-electron chi connectivity index (χ2n) is 5.70. The third-order valence-electron chi connectivity index (χ3n) is 3.36. The van der Waals surface area contributed by atoms with Crippen LogP contribution in [-0.4, -0.2) is 43.3 Å². The average molecular weight is 444 g/mol. The van der Waals surface area contributed by atoms with Crippen molar-refractivity contribution in [3.05, 3.63) is 35.2 Å². The Labute approximate surface area is 171 Å². The summed E-state index contributed by atoms with van der Waals surface area (Å²) in [6.07, 6.45) is 0. The number of carbonyl (C=O) groups is 2. The summed E-state index contributed by atoms with van der Waals surface area (Å²) in [4.78, 5) is 31.9. The molecule has 0 bridgehead atoms. The molecular formula is C17H15F2N3O3S3. The van der Waals surface area contributed by atoms with Crippen molar-refractivity contribution in [2.45, 2.75) is 10.7 Å². The molecule has 3 aromatic rings. The predicted octanol–water partition coefficient (Wildman–Crippen LogP) is 4.53. The third-order valence-corrected chi connectivity index (χ3v) is 6.39. The highest BCUT2D eigenvalue weighted by Gasteiger charge is 2.17. The molecule has 11 heteroatoms. The molecule has 1 N–H and O–H groups in total. The minimum atomic E-state index is -2.50. The number of aromatic nitrogens is 1. The van der Waals surface area contributed by atoms with Gasteiger partial charge in [0.05, 0.1) is 4.70 Å². The first kappa shape index (κ1) is 20.5. The van der Waals surface area contributed by atoms with Crippen LogP contribution < -0.4 is 10.2 Å². The highest BCUT2D eigenvalue weighted by Crippen LogP contribution is 2.34. The van der Waals surface area contributed by atoms with E-state index in [4.69, 9.17) is 4.74 Å². The van der Waals surface area contributed by atoms with E-state index in [-0.39, 0.29) is 0 Å². The van der Waals surface area contributed by atoms with Crippen LogP contribution in [0.4, 0.5) is 19.6 Å². The molecule has 148 valence electrons. The number of rotatable bonds is 7. The molecule has 2 aromatic heterocycles. The standard InChI is InChI=1S/C17H15F2N3O3S3/c1-22(2)17-21-14-11(28-17)7-12(27-14)15(24)25-8-13(23)20-9-3-5-10(6-4-9)26-16(18)19/h3-7,16H,8H2,1-2H3,(H,20,23). The van der Waals surface area contributed by atoms with Crippen LogP contribution in [0.25, 0.3) is 9.53 Å². The number of thiophene rings is 1. The molecule has 1 amide bonds. The molecule has 0 radical (unpaired) electrons. The van der Waals surface area contributed by atoms with E-state index in [1.165, 1.54) is 46.9 Å². The van der Waals surface area contributed by atoms with Gasteiger partial charge in [0.25, 0.3) is 11.7 Å². The maximum Gasteiger partial charge on any atom is 0.348 e. The zero-order chi connectivity index (χ0) is 20.3. The minimum absolute atomic E-state index is 0.375. The largest absolute Gasteiger partial charge is 0.451 e. The molecule has 0 unspecified atom stereocenters. The lowest BCUT2D eigenvalue weighted by molar-refractivity contribution is -0.119. The average Bonchev–Trinajstić information content (AvgIpc) is 3.20. The Hall–Kier alpha value is -2.24. The van der Waals surface area contributed by atoms with Crippen LogP contribution in [0.1, 0.15) is 9.67 Å². The summed E-state index contributed by atoms with van der Waals surface area (Å²) in [6, 6.07) is 7.67. The Bertz CT molecular complexity index is 955. The number of thioether (sulfide) groups is 1. The summed E-state index contributed by atoms with van der Waals surface area (Å²) in [5.74, 6) is -3.62. The van der Waals surface area contributed by atoms with Gasteiger partial charge in [0.15, 0.2) is 11.7 Å². The van der Waals surface area contributed by atoms with Gasteiger partial charge in [-0.25, -0.2) is 9.78 Å². The van der Waals surface area contributed by atoms with Crippen molar-refractivity contribution in [1.29, 1.82) is 0 Å². The number of benzene rings is 1. The van der Waals surface area contributed by atoms with Crippen molar-refractivity contribution in [3.63, 3.8) is 0 Å². The normalized spacial score (nSPS) is 11.0. The number of hydrogen-bond acceptors (Lipinski definition) is 8. The molecular weight excluding hydrogens is 428 g/mol. The molecule has 3 rings (SSSR count). The van der Waals surface area contributed by atoms with Gasteiger partial charge in [-0.1, -0.05) is 23.1 Å². The molecule has 0 aliphatic rings. The summed E-state index contributed by atoms with van der Waals surface area (Å²) in [6.45, 7) is -0.450. The number of esters is 1. The van der Waals surface area contributed by atoms with Gasteiger partial charge in [-0.05, 0) is 30.3 Å². The van der Waals surface area contributed by atoms with Crippen molar-refractivity contribution in [1.82, 2.24) is 4.98 Å². The Balaban J connectivity index is 1.52. The van der Waals surface area contributed by atoms with Crippen molar-refractivity contribution in [3.8, 4) is 0 Å². The fourth-order valence-electron chi connectivity index (χ4n) is 2.13. The van der Waals surface area contributed by atoms with Gasteiger partial charge >= 0.3 is 5.97 Å². The van der Waals surface area contributed by atoms with Crippen molar-refractivity contribution >= 4 is 66.7 Å². The number of alkyl halides is 2. The van der Waals surface area contributed by atoms with E-state index in [1.54, 1.807) is 6.07 Å². The SMILES string of the molecule is CN(C)c1nc2sc(C(=O)OCC(=O)Nc3ccc(SC(F)F)cc3)cc2s1. The van der Waals surface area contributed by atoms with Gasteiger partial charge in [0.1, 0.15) is 9.71 Å². The van der Waals surface area contributed by atoms with Crippen LogP contribution in [0, 0.1) is 0 Å². The quantitative estimate of drug-likeness (QED) is 0.427. The second kappa shape index (κ2) is 8.84. The lowest BCUT2D eigenvalue weighted by Crippen LogP contribution is -2.20. The van der Waals surface area contributed by atoms with Crippen molar-refractivity contribution in [2.75, 3.05) is 30.9 Å². The first-order valence-corrected chi connectivity index (χ1v) is 10.4. The van der Waals surface area contributed by atoms with E-state index in [9.17, 15) is 18.4 Å². The van der Waals surface area contributed by atoms with E-state index in [1.807, 2.05) is 19.0 Å². The Morgan fingerprint density at radius 1 is 1.25 bits per heavy atom. The molecule has 28 heavy (non-hydrogen) atoms. The van der Waals surface area contributed by atoms with Crippen LogP contribution in [0.5, 0.6) is 0 Å². The maximum absolute atomic E-state index is 12.3. The van der Waals surface area contributed by atoms with E-state index in [0.29, 0.717) is 27.2 Å². The van der Waals surface area contributed by atoms with Crippen LogP contribution >= 0.6 is 34.4 Å². The summed E-state index contributed by atoms with van der Waals surface area (Å²) in [5, 5.41) is 3.39. The number of carbonyl (C=O) groups excluding carboxylic acids is 2. The molecule has 0 saturated carbocycles. The molecule has 0 spiro atoms. The number of nitrogens with zero attached hydrogens (tertiary/aromatic N) is 2. The lowest BCUT2D eigenvalue weighted by Gasteiger charge is -2.07. The molecule has 0 atom stereocenters. The van der Waals surface area contributed by atoms with Gasteiger partial charge in [-0.2, -0.15) is 8.78 Å². The van der Waals surface area contributed by atoms with Gasteiger partial charge in [-0.15, -0.1) is 11.3 Å². The molecule has 2 heterocycles. The summed E-state index contributed by atoms with van der Waals surface area (Å²) < 4.78 is 30.5. The van der Waals surface area contributed by atoms with Crippen molar-refractivity contribution in [2.24, 2.45) is 0 Å². The summed E-state index contributed by atoms with van der Waals surface area (Å²) >= 11 is 3.09. The van der Waals surface area contributed by atoms with Crippen LogP contribution in [0.15, 0.2) is 35.2 Å². The number of thiazole rings is 1. The summed E-state index contributed by atoms with van der Waals surface area (Å²) in [7, 11) is 3.78. The molecule has 0 fully saturated rings. The van der Waals surface area contributed by atoms with Gasteiger partial charge in [-0.3, -0.25) is 4.79 Å². The Kier molecular flexibility index (Phi) is 6.47. The number of amides is 1. The first-order chi connectivity index (χ1) is 13.3. The van der Waals surface area contributed by atoms with Gasteiger partial charge in [0, 0.05) is 24.7 Å². The highest BCUT2D eigenvalue weighted by atomic mass is 32.2. The first-order valence-electron chi connectivity index (χ1n) is 7.91.